The number of rotatable bonds is 5. The molecule has 1 aromatic rings. The van der Waals surface area contributed by atoms with Crippen molar-refractivity contribution in [3.8, 4) is 0 Å². The summed E-state index contributed by atoms with van der Waals surface area (Å²) >= 11 is 7.49. The first-order valence-electron chi connectivity index (χ1n) is 6.97. The monoisotopic (exact) mass is 346 g/mol. The fourth-order valence-corrected chi connectivity index (χ4v) is 5.05. The van der Waals surface area contributed by atoms with Crippen LogP contribution >= 0.6 is 23.4 Å². The van der Waals surface area contributed by atoms with Crippen molar-refractivity contribution in [3.63, 3.8) is 0 Å². The van der Waals surface area contributed by atoms with Gasteiger partial charge in [-0.2, -0.15) is 0 Å². The molecule has 0 spiro atoms. The fourth-order valence-electron chi connectivity index (χ4n) is 2.65. The molecule has 21 heavy (non-hydrogen) atoms. The van der Waals surface area contributed by atoms with E-state index < -0.39 is 9.84 Å². The van der Waals surface area contributed by atoms with Crippen molar-refractivity contribution in [2.75, 3.05) is 12.0 Å². The van der Waals surface area contributed by atoms with E-state index in [1.807, 2.05) is 18.2 Å². The van der Waals surface area contributed by atoms with Crippen molar-refractivity contribution in [2.45, 2.75) is 35.8 Å². The molecule has 6 heteroatoms. The standard InChI is InChI=1S/C15H19ClO3S2/c1-21(18,19)12-6-4-5-11(9-12)14(17)10-20-15-8-3-2-7-13(15)16/h2-3,7-8,11-12H,4-6,9-10H2,1H3. The number of ketones is 1. The van der Waals surface area contributed by atoms with Crippen LogP contribution in [0.3, 0.4) is 0 Å². The molecule has 0 aliphatic heterocycles. The Morgan fingerprint density at radius 2 is 2.05 bits per heavy atom. The molecule has 116 valence electrons. The molecule has 0 N–H and O–H groups in total. The third-order valence-electron chi connectivity index (χ3n) is 3.89. The van der Waals surface area contributed by atoms with Crippen LogP contribution in [0.25, 0.3) is 0 Å². The zero-order chi connectivity index (χ0) is 15.5. The summed E-state index contributed by atoms with van der Waals surface area (Å²) in [6, 6.07) is 7.43. The molecule has 0 radical (unpaired) electrons. The molecule has 2 rings (SSSR count). The smallest absolute Gasteiger partial charge is 0.150 e. The Balaban J connectivity index is 1.93. The van der Waals surface area contributed by atoms with E-state index in [-0.39, 0.29) is 17.0 Å². The zero-order valence-electron chi connectivity index (χ0n) is 11.9. The molecule has 1 aromatic carbocycles. The predicted octanol–water partition coefficient (Wildman–Crippen LogP) is 3.60. The zero-order valence-corrected chi connectivity index (χ0v) is 14.3. The Bertz CT molecular complexity index is 613. The topological polar surface area (TPSA) is 51.2 Å². The van der Waals surface area contributed by atoms with Crippen molar-refractivity contribution < 1.29 is 13.2 Å². The summed E-state index contributed by atoms with van der Waals surface area (Å²) in [5, 5.41) is 0.290. The van der Waals surface area contributed by atoms with Crippen LogP contribution in [0.1, 0.15) is 25.7 Å². The van der Waals surface area contributed by atoms with E-state index in [9.17, 15) is 13.2 Å². The quantitative estimate of drug-likeness (QED) is 0.764. The number of benzene rings is 1. The van der Waals surface area contributed by atoms with E-state index in [1.165, 1.54) is 18.0 Å². The molecule has 1 aliphatic carbocycles. The van der Waals surface area contributed by atoms with Crippen molar-refractivity contribution in [2.24, 2.45) is 5.92 Å². The summed E-state index contributed by atoms with van der Waals surface area (Å²) in [5.74, 6) is 0.354. The Morgan fingerprint density at radius 3 is 2.71 bits per heavy atom. The van der Waals surface area contributed by atoms with Crippen LogP contribution in [0, 0.1) is 5.92 Å². The van der Waals surface area contributed by atoms with Gasteiger partial charge in [0.15, 0.2) is 0 Å². The molecule has 1 saturated carbocycles. The largest absolute Gasteiger partial charge is 0.298 e. The van der Waals surface area contributed by atoms with Gasteiger partial charge in [0.2, 0.25) is 0 Å². The Kier molecular flexibility index (Phi) is 5.74. The second-order valence-electron chi connectivity index (χ2n) is 5.50. The summed E-state index contributed by atoms with van der Waals surface area (Å²) in [6.07, 6.45) is 4.03. The number of carbonyl (C=O) groups is 1. The highest BCUT2D eigenvalue weighted by molar-refractivity contribution is 8.00. The molecule has 0 bridgehead atoms. The average Bonchev–Trinajstić information content (AvgIpc) is 2.45. The van der Waals surface area contributed by atoms with Crippen LogP contribution in [0.2, 0.25) is 5.02 Å². The fraction of sp³-hybridized carbons (Fsp3) is 0.533. The maximum absolute atomic E-state index is 12.3. The maximum atomic E-state index is 12.3. The van der Waals surface area contributed by atoms with Crippen molar-refractivity contribution in [3.05, 3.63) is 29.3 Å². The maximum Gasteiger partial charge on any atom is 0.150 e. The van der Waals surface area contributed by atoms with Crippen molar-refractivity contribution in [1.29, 1.82) is 0 Å². The molecule has 0 heterocycles. The lowest BCUT2D eigenvalue weighted by molar-refractivity contribution is -0.121. The first-order valence-corrected chi connectivity index (χ1v) is 10.3. The second-order valence-corrected chi connectivity index (χ2v) is 9.25. The summed E-state index contributed by atoms with van der Waals surface area (Å²) in [7, 11) is -3.05. The Morgan fingerprint density at radius 1 is 1.33 bits per heavy atom. The van der Waals surface area contributed by atoms with E-state index in [2.05, 4.69) is 0 Å². The van der Waals surface area contributed by atoms with Gasteiger partial charge in [-0.15, -0.1) is 11.8 Å². The van der Waals surface area contributed by atoms with Crippen molar-refractivity contribution in [1.82, 2.24) is 0 Å². The highest BCUT2D eigenvalue weighted by Crippen LogP contribution is 2.32. The normalized spacial score (nSPS) is 23.0. The van der Waals surface area contributed by atoms with Crippen LogP contribution in [-0.2, 0) is 14.6 Å². The Hall–Kier alpha value is -0.520. The van der Waals surface area contributed by atoms with Crippen LogP contribution in [0.15, 0.2) is 29.2 Å². The minimum atomic E-state index is -3.05. The first-order chi connectivity index (χ1) is 9.88. The molecule has 1 aliphatic rings. The van der Waals surface area contributed by atoms with Crippen LogP contribution in [0.4, 0.5) is 0 Å². The molecule has 2 atom stereocenters. The minimum Gasteiger partial charge on any atom is -0.298 e. The van der Waals surface area contributed by atoms with Gasteiger partial charge in [-0.05, 0) is 31.4 Å². The third-order valence-corrected chi connectivity index (χ3v) is 7.07. The highest BCUT2D eigenvalue weighted by Gasteiger charge is 2.32. The lowest BCUT2D eigenvalue weighted by Gasteiger charge is -2.26. The second kappa shape index (κ2) is 7.16. The van der Waals surface area contributed by atoms with E-state index in [1.54, 1.807) is 6.07 Å². The lowest BCUT2D eigenvalue weighted by atomic mass is 9.86. The van der Waals surface area contributed by atoms with E-state index in [4.69, 9.17) is 11.6 Å². The Labute approximate surface area is 135 Å². The van der Waals surface area contributed by atoms with E-state index in [0.717, 1.165) is 17.7 Å². The van der Waals surface area contributed by atoms with Gasteiger partial charge in [0.25, 0.3) is 0 Å². The highest BCUT2D eigenvalue weighted by atomic mass is 35.5. The third kappa shape index (κ3) is 4.73. The first kappa shape index (κ1) is 16.8. The van der Waals surface area contributed by atoms with Gasteiger partial charge >= 0.3 is 0 Å². The van der Waals surface area contributed by atoms with Crippen LogP contribution in [0.5, 0.6) is 0 Å². The van der Waals surface area contributed by atoms with Gasteiger partial charge in [0.1, 0.15) is 15.6 Å². The summed E-state index contributed by atoms with van der Waals surface area (Å²) in [5.41, 5.74) is 0. The van der Waals surface area contributed by atoms with Gasteiger partial charge in [0.05, 0.1) is 16.0 Å². The van der Waals surface area contributed by atoms with Gasteiger partial charge in [-0.3, -0.25) is 4.79 Å². The van der Waals surface area contributed by atoms with E-state index in [0.29, 0.717) is 23.6 Å². The minimum absolute atomic E-state index is 0.131. The number of carbonyl (C=O) groups excluding carboxylic acids is 1. The number of Topliss-reactive ketones (excluding diaryl/α,β-unsaturated/α-hetero) is 1. The average molecular weight is 347 g/mol. The van der Waals surface area contributed by atoms with Gasteiger partial charge in [-0.25, -0.2) is 8.42 Å². The van der Waals surface area contributed by atoms with Crippen LogP contribution < -0.4 is 0 Å². The molecule has 0 amide bonds. The lowest BCUT2D eigenvalue weighted by Crippen LogP contribution is -2.31. The summed E-state index contributed by atoms with van der Waals surface area (Å²) < 4.78 is 23.3. The molecular formula is C15H19ClO3S2. The number of halogens is 1. The van der Waals surface area contributed by atoms with Crippen molar-refractivity contribution >= 4 is 39.0 Å². The summed E-state index contributed by atoms with van der Waals surface area (Å²) in [4.78, 5) is 13.2. The van der Waals surface area contributed by atoms with Gasteiger partial charge < -0.3 is 0 Å². The number of hydrogen-bond donors (Lipinski definition) is 0. The SMILES string of the molecule is CS(=O)(=O)C1CCCC(C(=O)CSc2ccccc2Cl)C1. The predicted molar refractivity (Wildman–Crippen MR) is 87.8 cm³/mol. The van der Waals surface area contributed by atoms with Gasteiger partial charge in [0, 0.05) is 17.1 Å². The molecule has 0 saturated heterocycles. The molecule has 0 aromatic heterocycles. The molecule has 3 nitrogen and oxygen atoms in total. The summed E-state index contributed by atoms with van der Waals surface area (Å²) in [6.45, 7) is 0. The number of hydrogen-bond acceptors (Lipinski definition) is 4. The molecule has 1 fully saturated rings. The molecular weight excluding hydrogens is 328 g/mol. The number of thioether (sulfide) groups is 1. The molecule has 2 unspecified atom stereocenters. The number of sulfone groups is 1. The van der Waals surface area contributed by atoms with Crippen LogP contribution in [-0.4, -0.2) is 31.5 Å². The van der Waals surface area contributed by atoms with Gasteiger partial charge in [-0.1, -0.05) is 30.2 Å². The van der Waals surface area contributed by atoms with E-state index >= 15 is 0 Å².